The Hall–Kier alpha value is -2.92. The minimum Gasteiger partial charge on any atom is -0.507 e. The number of carbonyl (C=O) groups excluding carboxylic acids is 2. The van der Waals surface area contributed by atoms with Crippen LogP contribution in [0.2, 0.25) is 0 Å². The van der Waals surface area contributed by atoms with Crippen molar-refractivity contribution in [2.75, 3.05) is 0 Å². The van der Waals surface area contributed by atoms with E-state index in [0.717, 1.165) is 10.6 Å². The topological polar surface area (TPSA) is 68.3 Å². The van der Waals surface area contributed by atoms with Crippen molar-refractivity contribution in [3.63, 3.8) is 0 Å². The highest BCUT2D eigenvalue weighted by Crippen LogP contribution is 2.43. The van der Waals surface area contributed by atoms with Gasteiger partial charge in [0.1, 0.15) is 16.6 Å². The summed E-state index contributed by atoms with van der Waals surface area (Å²) in [6, 6.07) is 8.32. The van der Waals surface area contributed by atoms with Crippen LogP contribution in [0.3, 0.4) is 0 Å². The molecular formula is C20H12NO3S+. The molecule has 4 nitrogen and oxygen atoms in total. The number of carbonyl (C=O) groups is 2. The molecule has 2 aromatic rings. The van der Waals surface area contributed by atoms with Crippen LogP contribution in [0.1, 0.15) is 31.8 Å². The van der Waals surface area contributed by atoms with Crippen LogP contribution in [0.5, 0.6) is 5.75 Å². The quantitative estimate of drug-likeness (QED) is 0.610. The molecule has 1 atom stereocenters. The second-order valence-corrected chi connectivity index (χ2v) is 7.27. The number of benzene rings is 2. The number of ketones is 2. The smallest absolute Gasteiger partial charge is 0.229 e. The molecule has 0 aromatic heterocycles. The molecule has 5 heteroatoms. The minimum atomic E-state index is -0.316. The Bertz CT molecular complexity index is 1080. The van der Waals surface area contributed by atoms with Crippen LogP contribution in [-0.2, 0) is 0 Å². The van der Waals surface area contributed by atoms with Gasteiger partial charge in [0.25, 0.3) is 0 Å². The van der Waals surface area contributed by atoms with Gasteiger partial charge < -0.3 is 5.11 Å². The second kappa shape index (κ2) is 5.04. The first-order valence-electron chi connectivity index (χ1n) is 7.89. The maximum Gasteiger partial charge on any atom is 0.229 e. The van der Waals surface area contributed by atoms with Crippen molar-refractivity contribution in [1.29, 1.82) is 0 Å². The van der Waals surface area contributed by atoms with Crippen LogP contribution in [0, 0.1) is 0 Å². The molecule has 0 fully saturated rings. The highest BCUT2D eigenvalue weighted by Gasteiger charge is 2.40. The summed E-state index contributed by atoms with van der Waals surface area (Å²) >= 11 is 1.55. The van der Waals surface area contributed by atoms with Crippen LogP contribution < -0.4 is 4.99 Å². The molecule has 2 aliphatic carbocycles. The van der Waals surface area contributed by atoms with Crippen molar-refractivity contribution < 1.29 is 19.7 Å². The summed E-state index contributed by atoms with van der Waals surface area (Å²) in [4.78, 5) is 30.0. The number of allylic oxidation sites excluding steroid dienone is 3. The average molecular weight is 346 g/mol. The van der Waals surface area contributed by atoms with E-state index in [4.69, 9.17) is 0 Å². The number of phenolic OH excluding ortho intramolecular Hbond substituents is 1. The summed E-state index contributed by atoms with van der Waals surface area (Å²) in [5.74, 6) is -0.696. The zero-order chi connectivity index (χ0) is 17.1. The predicted molar refractivity (Wildman–Crippen MR) is 95.0 cm³/mol. The van der Waals surface area contributed by atoms with E-state index in [0.29, 0.717) is 16.8 Å². The SMILES string of the molecule is O=C1c2ccccc2C(=O)c2c3c(cc(O)c21)SC1C=CC=CC1=[NH+]3. The van der Waals surface area contributed by atoms with Gasteiger partial charge in [0, 0.05) is 23.3 Å². The van der Waals surface area contributed by atoms with E-state index in [2.05, 4.69) is 11.1 Å². The zero-order valence-corrected chi connectivity index (χ0v) is 13.8. The van der Waals surface area contributed by atoms with Crippen molar-refractivity contribution >= 4 is 34.7 Å². The Morgan fingerprint density at radius 2 is 1.72 bits per heavy atom. The van der Waals surface area contributed by atoms with Gasteiger partial charge >= 0.3 is 0 Å². The van der Waals surface area contributed by atoms with E-state index in [1.165, 1.54) is 0 Å². The molecule has 25 heavy (non-hydrogen) atoms. The molecule has 3 aliphatic rings. The third-order valence-electron chi connectivity index (χ3n) is 4.64. The fourth-order valence-corrected chi connectivity index (χ4v) is 4.64. The maximum atomic E-state index is 13.1. The number of aromatic hydroxyl groups is 1. The number of phenols is 1. The molecule has 120 valence electrons. The van der Waals surface area contributed by atoms with E-state index < -0.39 is 0 Å². The molecule has 2 aromatic carbocycles. The molecule has 0 bridgehead atoms. The highest BCUT2D eigenvalue weighted by molar-refractivity contribution is 8.01. The Labute approximate surface area is 147 Å². The Kier molecular flexibility index (Phi) is 2.91. The lowest BCUT2D eigenvalue weighted by Gasteiger charge is -2.23. The van der Waals surface area contributed by atoms with E-state index in [1.807, 2.05) is 18.2 Å². The number of fused-ring (bicyclic) bond motifs is 5. The summed E-state index contributed by atoms with van der Waals surface area (Å²) < 4.78 is 0. The Balaban J connectivity index is 1.82. The standard InChI is InChI=1S/C20H11NO3S/c22-13-9-15-18(21-12-7-3-4-8-14(12)25-15)17-16(13)19(23)10-5-1-2-6-11(10)20(17)24/h1-9,14,22H/p+1. The first-order chi connectivity index (χ1) is 12.1. The summed E-state index contributed by atoms with van der Waals surface area (Å²) in [6.45, 7) is 0. The number of nitrogens with one attached hydrogen (secondary N) is 1. The molecule has 0 saturated heterocycles. The van der Waals surface area contributed by atoms with E-state index in [1.54, 1.807) is 42.1 Å². The third-order valence-corrected chi connectivity index (χ3v) is 5.88. The van der Waals surface area contributed by atoms with Crippen LogP contribution in [0.4, 0.5) is 5.69 Å². The maximum absolute atomic E-state index is 13.1. The van der Waals surface area contributed by atoms with Gasteiger partial charge in [0.05, 0.1) is 10.5 Å². The number of hydrogen-bond donors (Lipinski definition) is 2. The fraction of sp³-hybridized carbons (Fsp3) is 0.0500. The van der Waals surface area contributed by atoms with Gasteiger partial charge in [-0.05, 0) is 0 Å². The van der Waals surface area contributed by atoms with Crippen molar-refractivity contribution in [2.45, 2.75) is 10.1 Å². The zero-order valence-electron chi connectivity index (χ0n) is 12.9. The van der Waals surface area contributed by atoms with E-state index >= 15 is 0 Å². The molecule has 1 unspecified atom stereocenters. The minimum absolute atomic E-state index is 0.0879. The summed E-state index contributed by atoms with van der Waals surface area (Å²) in [5.41, 5.74) is 2.64. The Morgan fingerprint density at radius 3 is 2.48 bits per heavy atom. The van der Waals surface area contributed by atoms with Gasteiger partial charge in [0.2, 0.25) is 11.5 Å². The molecule has 0 saturated carbocycles. The van der Waals surface area contributed by atoms with Crippen LogP contribution in [-0.4, -0.2) is 27.6 Å². The lowest BCUT2D eigenvalue weighted by atomic mass is 9.82. The van der Waals surface area contributed by atoms with Gasteiger partial charge in [-0.3, -0.25) is 9.59 Å². The number of rotatable bonds is 0. The van der Waals surface area contributed by atoms with Gasteiger partial charge in [0.15, 0.2) is 11.5 Å². The van der Waals surface area contributed by atoms with Crippen LogP contribution in [0.15, 0.2) is 59.5 Å². The van der Waals surface area contributed by atoms with E-state index in [-0.39, 0.29) is 33.7 Å². The molecule has 1 aliphatic heterocycles. The predicted octanol–water partition coefficient (Wildman–Crippen LogP) is 1.92. The number of thioether (sulfide) groups is 1. The van der Waals surface area contributed by atoms with Crippen molar-refractivity contribution in [2.24, 2.45) is 0 Å². The third kappa shape index (κ3) is 1.93. The lowest BCUT2D eigenvalue weighted by molar-refractivity contribution is -0.358. The highest BCUT2D eigenvalue weighted by atomic mass is 32.2. The van der Waals surface area contributed by atoms with Crippen LogP contribution >= 0.6 is 11.8 Å². The van der Waals surface area contributed by atoms with Gasteiger partial charge in [-0.1, -0.05) is 42.5 Å². The average Bonchev–Trinajstić information content (AvgIpc) is 2.64. The fourth-order valence-electron chi connectivity index (χ4n) is 3.49. The summed E-state index contributed by atoms with van der Waals surface area (Å²) in [6.07, 6.45) is 7.91. The molecular weight excluding hydrogens is 334 g/mol. The first kappa shape index (κ1) is 14.4. The molecule has 0 amide bonds. The van der Waals surface area contributed by atoms with Gasteiger partial charge in [-0.2, -0.15) is 0 Å². The first-order valence-corrected chi connectivity index (χ1v) is 8.77. The van der Waals surface area contributed by atoms with Gasteiger partial charge in [-0.15, -0.1) is 11.8 Å². The molecule has 0 radical (unpaired) electrons. The normalized spacial score (nSPS) is 19.7. The molecule has 0 spiro atoms. The van der Waals surface area contributed by atoms with Crippen molar-refractivity contribution in [3.8, 4) is 5.75 Å². The molecule has 2 N–H and O–H groups in total. The van der Waals surface area contributed by atoms with Gasteiger partial charge in [-0.25, -0.2) is 4.99 Å². The second-order valence-electron chi connectivity index (χ2n) is 6.09. The summed E-state index contributed by atoms with van der Waals surface area (Å²) in [5, 5.41) is 10.6. The Morgan fingerprint density at radius 1 is 1.00 bits per heavy atom. The van der Waals surface area contributed by atoms with E-state index in [9.17, 15) is 14.7 Å². The molecule has 1 heterocycles. The summed E-state index contributed by atoms with van der Waals surface area (Å²) in [7, 11) is 0. The van der Waals surface area contributed by atoms with Crippen LogP contribution in [0.25, 0.3) is 0 Å². The van der Waals surface area contributed by atoms with Crippen molar-refractivity contribution in [1.82, 2.24) is 0 Å². The monoisotopic (exact) mass is 346 g/mol. The lowest BCUT2D eigenvalue weighted by Crippen LogP contribution is -2.71. The largest absolute Gasteiger partial charge is 0.507 e. The van der Waals surface area contributed by atoms with Crippen molar-refractivity contribution in [3.05, 3.63) is 76.9 Å². The number of hydrogen-bond acceptors (Lipinski definition) is 4. The molecule has 5 rings (SSSR count).